The normalized spacial score (nSPS) is 20.0. The molecule has 134 valence electrons. The van der Waals surface area contributed by atoms with Crippen molar-refractivity contribution in [2.24, 2.45) is 0 Å². The van der Waals surface area contributed by atoms with E-state index in [1.54, 1.807) is 0 Å². The largest absolute Gasteiger partial charge is 0.573 e. The van der Waals surface area contributed by atoms with Crippen LogP contribution in [0.15, 0.2) is 28.8 Å². The van der Waals surface area contributed by atoms with Gasteiger partial charge in [0.05, 0.1) is 0 Å². The molecule has 1 saturated heterocycles. The molecule has 1 aromatic carbocycles. The molecule has 0 unspecified atom stereocenters. The van der Waals surface area contributed by atoms with Gasteiger partial charge < -0.3 is 14.2 Å². The molecule has 2 heterocycles. The van der Waals surface area contributed by atoms with Gasteiger partial charge in [-0.3, -0.25) is 0 Å². The third-order valence-electron chi connectivity index (χ3n) is 4.73. The van der Waals surface area contributed by atoms with Crippen LogP contribution in [0, 0.1) is 0 Å². The highest BCUT2D eigenvalue weighted by Crippen LogP contribution is 2.34. The summed E-state index contributed by atoms with van der Waals surface area (Å²) in [5.74, 6) is 1.00. The van der Waals surface area contributed by atoms with Crippen LogP contribution in [-0.4, -0.2) is 40.5 Å². The summed E-state index contributed by atoms with van der Waals surface area (Å²) in [7, 11) is 0. The van der Waals surface area contributed by atoms with Crippen LogP contribution in [0.5, 0.6) is 5.75 Å². The molecule has 2 fully saturated rings. The van der Waals surface area contributed by atoms with Gasteiger partial charge in [-0.25, -0.2) is 0 Å². The third-order valence-corrected chi connectivity index (χ3v) is 4.73. The molecule has 1 aliphatic carbocycles. The van der Waals surface area contributed by atoms with Crippen molar-refractivity contribution in [3.05, 3.63) is 30.1 Å². The summed E-state index contributed by atoms with van der Waals surface area (Å²) < 4.78 is 45.7. The van der Waals surface area contributed by atoms with Crippen LogP contribution in [0.25, 0.3) is 11.5 Å². The summed E-state index contributed by atoms with van der Waals surface area (Å²) in [6.45, 7) is 2.12. The second-order valence-electron chi connectivity index (χ2n) is 6.57. The zero-order valence-corrected chi connectivity index (χ0v) is 13.5. The molecule has 0 amide bonds. The van der Waals surface area contributed by atoms with Gasteiger partial charge in [0, 0.05) is 17.5 Å². The maximum absolute atomic E-state index is 12.2. The van der Waals surface area contributed by atoms with Crippen molar-refractivity contribution >= 4 is 0 Å². The summed E-state index contributed by atoms with van der Waals surface area (Å²) in [4.78, 5) is 6.96. The maximum Gasteiger partial charge on any atom is 0.573 e. The van der Waals surface area contributed by atoms with Gasteiger partial charge in [-0.2, -0.15) is 4.98 Å². The number of likely N-dealkylation sites (tertiary alicyclic amines) is 1. The number of halogens is 3. The Labute approximate surface area is 142 Å². The number of hydrogen-bond donors (Lipinski definition) is 0. The minimum Gasteiger partial charge on any atom is -0.406 e. The SMILES string of the molecule is FC(F)(F)Oc1ccc(-c2nc(C3CCN(C4CC4)CC3)no2)cc1. The van der Waals surface area contributed by atoms with Gasteiger partial charge in [0.25, 0.3) is 5.89 Å². The van der Waals surface area contributed by atoms with Crippen LogP contribution in [0.2, 0.25) is 0 Å². The van der Waals surface area contributed by atoms with E-state index in [0.29, 0.717) is 17.3 Å². The van der Waals surface area contributed by atoms with Gasteiger partial charge in [-0.15, -0.1) is 13.2 Å². The Hall–Kier alpha value is -2.09. The molecule has 1 saturated carbocycles. The van der Waals surface area contributed by atoms with Gasteiger partial charge in [-0.05, 0) is 63.0 Å². The molecule has 5 nitrogen and oxygen atoms in total. The molecule has 0 atom stereocenters. The van der Waals surface area contributed by atoms with E-state index in [4.69, 9.17) is 4.52 Å². The number of aromatic nitrogens is 2. The number of rotatable bonds is 4. The first-order chi connectivity index (χ1) is 12.0. The lowest BCUT2D eigenvalue weighted by molar-refractivity contribution is -0.274. The molecule has 8 heteroatoms. The minimum absolute atomic E-state index is 0.275. The molecular weight excluding hydrogens is 335 g/mol. The standard InChI is InChI=1S/C17H18F3N3O2/c18-17(19,20)24-14-5-1-12(2-6-14)16-21-15(22-25-16)11-7-9-23(10-8-11)13-3-4-13/h1-2,5-6,11,13H,3-4,7-10H2. The van der Waals surface area contributed by atoms with Crippen LogP contribution >= 0.6 is 0 Å². The monoisotopic (exact) mass is 353 g/mol. The van der Waals surface area contributed by atoms with Crippen LogP contribution in [0.1, 0.15) is 37.4 Å². The van der Waals surface area contributed by atoms with Crippen molar-refractivity contribution in [1.29, 1.82) is 0 Å². The zero-order chi connectivity index (χ0) is 17.4. The smallest absolute Gasteiger partial charge is 0.406 e. The molecule has 0 N–H and O–H groups in total. The number of piperidine rings is 1. The summed E-state index contributed by atoms with van der Waals surface area (Å²) >= 11 is 0. The Morgan fingerprint density at radius 3 is 2.32 bits per heavy atom. The first-order valence-corrected chi connectivity index (χ1v) is 8.42. The Kier molecular flexibility index (Phi) is 4.15. The van der Waals surface area contributed by atoms with Gasteiger partial charge in [-0.1, -0.05) is 5.16 Å². The topological polar surface area (TPSA) is 51.4 Å². The second kappa shape index (κ2) is 6.33. The van der Waals surface area contributed by atoms with Gasteiger partial charge in [0.15, 0.2) is 5.82 Å². The maximum atomic E-state index is 12.2. The highest BCUT2D eigenvalue weighted by Gasteiger charge is 2.33. The van der Waals surface area contributed by atoms with Crippen molar-refractivity contribution in [3.63, 3.8) is 0 Å². The van der Waals surface area contributed by atoms with Crippen LogP contribution in [0.4, 0.5) is 13.2 Å². The van der Waals surface area contributed by atoms with E-state index in [0.717, 1.165) is 32.0 Å². The fourth-order valence-corrected chi connectivity index (χ4v) is 3.28. The number of ether oxygens (including phenoxy) is 1. The number of benzene rings is 1. The van der Waals surface area contributed by atoms with Crippen molar-refractivity contribution in [3.8, 4) is 17.2 Å². The summed E-state index contributed by atoms with van der Waals surface area (Å²) in [5.41, 5.74) is 0.573. The molecule has 1 aromatic heterocycles. The van der Waals surface area contributed by atoms with E-state index < -0.39 is 6.36 Å². The molecule has 0 radical (unpaired) electrons. The predicted molar refractivity (Wildman–Crippen MR) is 83.0 cm³/mol. The molecule has 2 aromatic rings. The lowest BCUT2D eigenvalue weighted by atomic mass is 9.96. The number of hydrogen-bond acceptors (Lipinski definition) is 5. The highest BCUT2D eigenvalue weighted by atomic mass is 19.4. The number of nitrogens with zero attached hydrogens (tertiary/aromatic N) is 3. The molecule has 2 aliphatic rings. The highest BCUT2D eigenvalue weighted by molar-refractivity contribution is 5.54. The first-order valence-electron chi connectivity index (χ1n) is 8.42. The molecule has 0 spiro atoms. The van der Waals surface area contributed by atoms with Crippen molar-refractivity contribution in [2.45, 2.75) is 44.0 Å². The second-order valence-corrected chi connectivity index (χ2v) is 6.57. The quantitative estimate of drug-likeness (QED) is 0.832. The minimum atomic E-state index is -4.70. The van der Waals surface area contributed by atoms with Crippen molar-refractivity contribution < 1.29 is 22.4 Å². The Balaban J connectivity index is 1.40. The molecular formula is C17H18F3N3O2. The van der Waals surface area contributed by atoms with E-state index in [9.17, 15) is 13.2 Å². The van der Waals surface area contributed by atoms with Crippen LogP contribution in [0.3, 0.4) is 0 Å². The van der Waals surface area contributed by atoms with Crippen LogP contribution < -0.4 is 4.74 Å². The van der Waals surface area contributed by atoms with Crippen molar-refractivity contribution in [2.75, 3.05) is 13.1 Å². The zero-order valence-electron chi connectivity index (χ0n) is 13.5. The van der Waals surface area contributed by atoms with E-state index in [1.165, 1.54) is 37.1 Å². The average Bonchev–Trinajstić information content (AvgIpc) is 3.31. The van der Waals surface area contributed by atoms with Crippen LogP contribution in [-0.2, 0) is 0 Å². The third kappa shape index (κ3) is 3.95. The molecule has 0 bridgehead atoms. The van der Waals surface area contributed by atoms with E-state index in [2.05, 4.69) is 19.8 Å². The summed E-state index contributed by atoms with van der Waals surface area (Å²) in [5, 5.41) is 4.07. The Morgan fingerprint density at radius 2 is 1.72 bits per heavy atom. The number of alkyl halides is 3. The summed E-state index contributed by atoms with van der Waals surface area (Å²) in [6, 6.07) is 6.21. The van der Waals surface area contributed by atoms with Gasteiger partial charge in [0.1, 0.15) is 5.75 Å². The van der Waals surface area contributed by atoms with E-state index in [-0.39, 0.29) is 11.7 Å². The van der Waals surface area contributed by atoms with Crippen molar-refractivity contribution in [1.82, 2.24) is 15.0 Å². The predicted octanol–water partition coefficient (Wildman–Crippen LogP) is 3.98. The fraction of sp³-hybridized carbons (Fsp3) is 0.529. The van der Waals surface area contributed by atoms with E-state index in [1.807, 2.05) is 0 Å². The fourth-order valence-electron chi connectivity index (χ4n) is 3.28. The molecule has 25 heavy (non-hydrogen) atoms. The lowest BCUT2D eigenvalue weighted by Gasteiger charge is -2.30. The average molecular weight is 353 g/mol. The van der Waals surface area contributed by atoms with Gasteiger partial charge in [0.2, 0.25) is 0 Å². The molecule has 1 aliphatic heterocycles. The van der Waals surface area contributed by atoms with Gasteiger partial charge >= 0.3 is 6.36 Å². The Morgan fingerprint density at radius 1 is 1.04 bits per heavy atom. The van der Waals surface area contributed by atoms with E-state index >= 15 is 0 Å². The summed E-state index contributed by atoms with van der Waals surface area (Å²) in [6.07, 6.45) is -0.0632. The Bertz CT molecular complexity index is 717. The first kappa shape index (κ1) is 16.4. The lowest BCUT2D eigenvalue weighted by Crippen LogP contribution is -2.34. The molecule has 4 rings (SSSR count).